The topological polar surface area (TPSA) is 70.6 Å². The third-order valence-electron chi connectivity index (χ3n) is 5.17. The summed E-state index contributed by atoms with van der Waals surface area (Å²) in [5.74, 6) is 0.279. The first-order chi connectivity index (χ1) is 12.7. The zero-order valence-corrected chi connectivity index (χ0v) is 14.7. The van der Waals surface area contributed by atoms with Crippen molar-refractivity contribution in [3.63, 3.8) is 0 Å². The molecule has 0 aromatic carbocycles. The maximum atomic E-state index is 14.4. The van der Waals surface area contributed by atoms with Crippen LogP contribution in [0.2, 0.25) is 0 Å². The number of rotatable bonds is 4. The highest BCUT2D eigenvalue weighted by molar-refractivity contribution is 5.79. The minimum Gasteiger partial charge on any atom is -0.481 e. The summed E-state index contributed by atoms with van der Waals surface area (Å²) in [5, 5.41) is 3.16. The molecule has 138 valence electrons. The van der Waals surface area contributed by atoms with E-state index in [0.717, 1.165) is 26.2 Å². The fourth-order valence-electron chi connectivity index (χ4n) is 3.77. The van der Waals surface area contributed by atoms with E-state index in [1.807, 2.05) is 4.90 Å². The third-order valence-corrected chi connectivity index (χ3v) is 5.17. The van der Waals surface area contributed by atoms with Crippen LogP contribution >= 0.6 is 0 Å². The largest absolute Gasteiger partial charge is 0.481 e. The van der Waals surface area contributed by atoms with Crippen molar-refractivity contribution >= 4 is 16.9 Å². The van der Waals surface area contributed by atoms with Crippen LogP contribution in [0.5, 0.6) is 5.88 Å². The molecule has 1 unspecified atom stereocenters. The van der Waals surface area contributed by atoms with Gasteiger partial charge in [0.05, 0.1) is 36.9 Å². The first kappa shape index (κ1) is 17.1. The summed E-state index contributed by atoms with van der Waals surface area (Å²) in [4.78, 5) is 24.7. The second-order valence-corrected chi connectivity index (χ2v) is 6.73. The first-order valence-corrected chi connectivity index (χ1v) is 8.86. The number of carbonyl (C=O) groups is 1. The predicted octanol–water partition coefficient (Wildman–Crippen LogP) is 0.436. The van der Waals surface area contributed by atoms with E-state index in [9.17, 15) is 9.18 Å². The molecule has 2 aliphatic heterocycles. The number of methoxy groups -OCH3 is 1. The van der Waals surface area contributed by atoms with E-state index in [4.69, 9.17) is 4.74 Å². The van der Waals surface area contributed by atoms with Crippen molar-refractivity contribution in [3.05, 3.63) is 29.7 Å². The standard InChI is InChI=1S/C18H22FN5O2/c1-26-16-3-2-15-18(22-16)13(14(19)9-21-15)4-5-23-6-7-24-12(11-23)8-20-10-17(24)25/h2-3,9,12,20H,4-8,10-11H2,1H3. The molecule has 2 aliphatic rings. The van der Waals surface area contributed by atoms with Gasteiger partial charge in [-0.25, -0.2) is 9.37 Å². The number of aromatic nitrogens is 2. The van der Waals surface area contributed by atoms with E-state index < -0.39 is 0 Å². The van der Waals surface area contributed by atoms with Gasteiger partial charge < -0.3 is 15.0 Å². The second kappa shape index (κ2) is 7.13. The number of carbonyl (C=O) groups excluding carboxylic acids is 1. The lowest BCUT2D eigenvalue weighted by Gasteiger charge is -2.44. The van der Waals surface area contributed by atoms with Crippen LogP contribution in [0.15, 0.2) is 18.3 Å². The molecule has 0 spiro atoms. The molecule has 1 atom stereocenters. The van der Waals surface area contributed by atoms with Crippen molar-refractivity contribution in [3.8, 4) is 5.88 Å². The number of amides is 1. The number of fused-ring (bicyclic) bond motifs is 2. The highest BCUT2D eigenvalue weighted by atomic mass is 19.1. The van der Waals surface area contributed by atoms with Crippen molar-refractivity contribution in [2.75, 3.05) is 46.4 Å². The molecule has 4 rings (SSSR count). The molecule has 2 saturated heterocycles. The van der Waals surface area contributed by atoms with Gasteiger partial charge in [0.1, 0.15) is 5.82 Å². The Morgan fingerprint density at radius 1 is 1.38 bits per heavy atom. The molecule has 1 amide bonds. The number of nitrogens with one attached hydrogen (secondary N) is 1. The summed E-state index contributed by atoms with van der Waals surface area (Å²) in [5.41, 5.74) is 1.78. The van der Waals surface area contributed by atoms with Gasteiger partial charge in [0.2, 0.25) is 11.8 Å². The monoisotopic (exact) mass is 359 g/mol. The molecule has 0 radical (unpaired) electrons. The van der Waals surface area contributed by atoms with E-state index >= 15 is 0 Å². The fraction of sp³-hybridized carbons (Fsp3) is 0.500. The summed E-state index contributed by atoms with van der Waals surface area (Å²) >= 11 is 0. The van der Waals surface area contributed by atoms with Gasteiger partial charge in [-0.2, -0.15) is 0 Å². The minimum absolute atomic E-state index is 0.170. The van der Waals surface area contributed by atoms with Crippen LogP contribution in [-0.2, 0) is 11.2 Å². The molecule has 26 heavy (non-hydrogen) atoms. The smallest absolute Gasteiger partial charge is 0.236 e. The Hall–Kier alpha value is -2.32. The number of nitrogens with zero attached hydrogens (tertiary/aromatic N) is 4. The predicted molar refractivity (Wildman–Crippen MR) is 94.6 cm³/mol. The van der Waals surface area contributed by atoms with Gasteiger partial charge >= 0.3 is 0 Å². The Bertz CT molecular complexity index is 831. The average Bonchev–Trinajstić information content (AvgIpc) is 2.67. The Morgan fingerprint density at radius 3 is 3.12 bits per heavy atom. The maximum absolute atomic E-state index is 14.4. The van der Waals surface area contributed by atoms with Crippen molar-refractivity contribution in [2.24, 2.45) is 0 Å². The maximum Gasteiger partial charge on any atom is 0.236 e. The fourth-order valence-corrected chi connectivity index (χ4v) is 3.77. The molecule has 2 aromatic heterocycles. The quantitative estimate of drug-likeness (QED) is 0.854. The SMILES string of the molecule is COc1ccc2ncc(F)c(CCN3CCN4C(=O)CNCC4C3)c2n1. The normalized spacial score (nSPS) is 21.1. The Labute approximate surface area is 151 Å². The Balaban J connectivity index is 1.49. The molecule has 2 fully saturated rings. The van der Waals surface area contributed by atoms with Crippen LogP contribution in [0.1, 0.15) is 5.56 Å². The molecule has 2 aromatic rings. The van der Waals surface area contributed by atoms with Crippen molar-refractivity contribution in [2.45, 2.75) is 12.5 Å². The highest BCUT2D eigenvalue weighted by Gasteiger charge is 2.32. The number of hydrogen-bond acceptors (Lipinski definition) is 6. The summed E-state index contributed by atoms with van der Waals surface area (Å²) in [6, 6.07) is 3.72. The summed E-state index contributed by atoms with van der Waals surface area (Å²) in [7, 11) is 1.54. The zero-order chi connectivity index (χ0) is 18.1. The van der Waals surface area contributed by atoms with Crippen LogP contribution in [0, 0.1) is 5.82 Å². The van der Waals surface area contributed by atoms with Crippen molar-refractivity contribution in [1.82, 2.24) is 25.1 Å². The van der Waals surface area contributed by atoms with E-state index in [1.54, 1.807) is 19.2 Å². The Morgan fingerprint density at radius 2 is 2.27 bits per heavy atom. The lowest BCUT2D eigenvalue weighted by Crippen LogP contribution is -2.63. The van der Waals surface area contributed by atoms with Gasteiger partial charge in [0.15, 0.2) is 0 Å². The molecule has 0 aliphatic carbocycles. The van der Waals surface area contributed by atoms with Gasteiger partial charge in [-0.1, -0.05) is 0 Å². The van der Waals surface area contributed by atoms with Gasteiger partial charge in [0, 0.05) is 44.4 Å². The van der Waals surface area contributed by atoms with Gasteiger partial charge in [-0.3, -0.25) is 14.7 Å². The number of ether oxygens (including phenoxy) is 1. The lowest BCUT2D eigenvalue weighted by molar-refractivity contribution is -0.137. The molecule has 0 saturated carbocycles. The highest BCUT2D eigenvalue weighted by Crippen LogP contribution is 2.22. The molecule has 0 bridgehead atoms. The zero-order valence-electron chi connectivity index (χ0n) is 14.7. The van der Waals surface area contributed by atoms with Crippen LogP contribution < -0.4 is 10.1 Å². The molecular formula is C18H22FN5O2. The molecule has 8 heteroatoms. The average molecular weight is 359 g/mol. The summed E-state index contributed by atoms with van der Waals surface area (Å²) < 4.78 is 19.6. The molecular weight excluding hydrogens is 337 g/mol. The lowest BCUT2D eigenvalue weighted by atomic mass is 10.1. The Kier molecular flexibility index (Phi) is 4.69. The van der Waals surface area contributed by atoms with Crippen molar-refractivity contribution in [1.29, 1.82) is 0 Å². The van der Waals surface area contributed by atoms with Crippen LogP contribution in [0.3, 0.4) is 0 Å². The number of halogens is 1. The van der Waals surface area contributed by atoms with Gasteiger partial charge in [0.25, 0.3) is 0 Å². The summed E-state index contributed by atoms with van der Waals surface area (Å²) in [6.07, 6.45) is 1.80. The first-order valence-electron chi connectivity index (χ1n) is 8.86. The molecule has 7 nitrogen and oxygen atoms in total. The molecule has 4 heterocycles. The van der Waals surface area contributed by atoms with Gasteiger partial charge in [-0.05, 0) is 12.5 Å². The van der Waals surface area contributed by atoms with E-state index in [0.29, 0.717) is 42.0 Å². The van der Waals surface area contributed by atoms with Gasteiger partial charge in [-0.15, -0.1) is 0 Å². The van der Waals surface area contributed by atoms with Crippen LogP contribution in [0.4, 0.5) is 4.39 Å². The minimum atomic E-state index is -0.341. The summed E-state index contributed by atoms with van der Waals surface area (Å²) in [6.45, 7) is 4.31. The van der Waals surface area contributed by atoms with E-state index in [1.165, 1.54) is 6.20 Å². The number of pyridine rings is 2. The van der Waals surface area contributed by atoms with Crippen LogP contribution in [0.25, 0.3) is 11.0 Å². The number of piperazine rings is 2. The number of hydrogen-bond donors (Lipinski definition) is 1. The van der Waals surface area contributed by atoms with E-state index in [-0.39, 0.29) is 17.8 Å². The second-order valence-electron chi connectivity index (χ2n) is 6.73. The van der Waals surface area contributed by atoms with E-state index in [2.05, 4.69) is 20.2 Å². The van der Waals surface area contributed by atoms with Crippen LogP contribution in [-0.4, -0.2) is 78.1 Å². The molecule has 1 N–H and O–H groups in total. The van der Waals surface area contributed by atoms with Crippen molar-refractivity contribution < 1.29 is 13.9 Å². The third kappa shape index (κ3) is 3.22.